The fourth-order valence-corrected chi connectivity index (χ4v) is 2.26. The van der Waals surface area contributed by atoms with Crippen LogP contribution in [0.2, 0.25) is 0 Å². The molecule has 1 unspecified atom stereocenters. The lowest BCUT2D eigenvalue weighted by atomic mass is 10.2. The highest BCUT2D eigenvalue weighted by atomic mass is 32.2. The molecule has 1 N–H and O–H groups in total. The molecule has 0 aromatic rings. The first kappa shape index (κ1) is 17.2. The molecule has 0 spiro atoms. The molecule has 18 heavy (non-hydrogen) atoms. The third-order valence-corrected chi connectivity index (χ3v) is 3.19. The molecule has 0 aromatic heterocycles. The fraction of sp³-hybridized carbons (Fsp3) is 0.909. The third kappa shape index (κ3) is 9.23. The first-order valence-corrected chi connectivity index (χ1v) is 7.50. The lowest BCUT2D eigenvalue weighted by molar-refractivity contribution is 0.0507. The molecule has 108 valence electrons. The fourth-order valence-electron chi connectivity index (χ4n) is 1.14. The SMILES string of the molecule is CCOS(=O)(=O)CCC(C)NC(=O)OC(C)(C)C. The van der Waals surface area contributed by atoms with Crippen LogP contribution in [0.15, 0.2) is 0 Å². The summed E-state index contributed by atoms with van der Waals surface area (Å²) >= 11 is 0. The summed E-state index contributed by atoms with van der Waals surface area (Å²) < 4.78 is 32.2. The van der Waals surface area contributed by atoms with Gasteiger partial charge in [0.25, 0.3) is 10.1 Å². The Morgan fingerprint density at radius 3 is 2.33 bits per heavy atom. The van der Waals surface area contributed by atoms with Crippen molar-refractivity contribution in [3.05, 3.63) is 0 Å². The molecule has 0 aromatic carbocycles. The van der Waals surface area contributed by atoms with E-state index in [1.165, 1.54) is 0 Å². The summed E-state index contributed by atoms with van der Waals surface area (Å²) in [6.45, 7) is 8.73. The standard InChI is InChI=1S/C11H23NO5S/c1-6-16-18(14,15)8-7-9(2)12-10(13)17-11(3,4)5/h9H,6-8H2,1-5H3,(H,12,13). The maximum atomic E-state index is 11.4. The van der Waals surface area contributed by atoms with Gasteiger partial charge in [-0.3, -0.25) is 4.18 Å². The van der Waals surface area contributed by atoms with Crippen molar-refractivity contribution < 1.29 is 22.1 Å². The van der Waals surface area contributed by atoms with Crippen LogP contribution in [-0.4, -0.2) is 38.5 Å². The van der Waals surface area contributed by atoms with Gasteiger partial charge in [0.05, 0.1) is 12.4 Å². The van der Waals surface area contributed by atoms with Crippen LogP contribution in [0.25, 0.3) is 0 Å². The average molecular weight is 281 g/mol. The van der Waals surface area contributed by atoms with E-state index in [4.69, 9.17) is 4.74 Å². The number of hydrogen-bond acceptors (Lipinski definition) is 5. The molecule has 0 rings (SSSR count). The Bertz CT molecular complexity index is 358. The summed E-state index contributed by atoms with van der Waals surface area (Å²) in [4.78, 5) is 11.4. The lowest BCUT2D eigenvalue weighted by Crippen LogP contribution is -2.38. The van der Waals surface area contributed by atoms with Gasteiger partial charge in [0.1, 0.15) is 5.60 Å². The van der Waals surface area contributed by atoms with E-state index in [0.29, 0.717) is 0 Å². The molecule has 0 fully saturated rings. The van der Waals surface area contributed by atoms with E-state index in [-0.39, 0.29) is 24.8 Å². The molecule has 0 heterocycles. The molecule has 6 nitrogen and oxygen atoms in total. The van der Waals surface area contributed by atoms with E-state index in [2.05, 4.69) is 9.50 Å². The number of alkyl carbamates (subject to hydrolysis) is 1. The molecule has 1 atom stereocenters. The van der Waals surface area contributed by atoms with Crippen LogP contribution < -0.4 is 5.32 Å². The van der Waals surface area contributed by atoms with Crippen LogP contribution >= 0.6 is 0 Å². The van der Waals surface area contributed by atoms with Crippen molar-refractivity contribution in [1.82, 2.24) is 5.32 Å². The van der Waals surface area contributed by atoms with Crippen molar-refractivity contribution in [3.8, 4) is 0 Å². The Hall–Kier alpha value is -0.820. The Labute approximate surface area is 109 Å². The van der Waals surface area contributed by atoms with Gasteiger partial charge >= 0.3 is 6.09 Å². The Balaban J connectivity index is 4.06. The lowest BCUT2D eigenvalue weighted by Gasteiger charge is -2.21. The number of amides is 1. The molecule has 7 heteroatoms. The number of carbonyl (C=O) groups excluding carboxylic acids is 1. The number of nitrogens with one attached hydrogen (secondary N) is 1. The largest absolute Gasteiger partial charge is 0.444 e. The molecule has 0 radical (unpaired) electrons. The predicted molar refractivity (Wildman–Crippen MR) is 68.9 cm³/mol. The highest BCUT2D eigenvalue weighted by Crippen LogP contribution is 2.07. The summed E-state index contributed by atoms with van der Waals surface area (Å²) in [7, 11) is -3.49. The number of rotatable bonds is 6. The maximum Gasteiger partial charge on any atom is 0.407 e. The zero-order chi connectivity index (χ0) is 14.4. The van der Waals surface area contributed by atoms with Crippen LogP contribution in [0, 0.1) is 0 Å². The van der Waals surface area contributed by atoms with Crippen molar-refractivity contribution in [1.29, 1.82) is 0 Å². The molecule has 0 aliphatic heterocycles. The van der Waals surface area contributed by atoms with Crippen LogP contribution in [0.3, 0.4) is 0 Å². The number of carbonyl (C=O) groups is 1. The monoisotopic (exact) mass is 281 g/mol. The zero-order valence-electron chi connectivity index (χ0n) is 11.6. The van der Waals surface area contributed by atoms with Crippen molar-refractivity contribution in [2.24, 2.45) is 0 Å². The van der Waals surface area contributed by atoms with Gasteiger partial charge in [0.15, 0.2) is 0 Å². The second-order valence-electron chi connectivity index (χ2n) is 5.00. The molecule has 0 aliphatic rings. The van der Waals surface area contributed by atoms with E-state index < -0.39 is 21.8 Å². The average Bonchev–Trinajstić information content (AvgIpc) is 2.11. The Morgan fingerprint density at radius 2 is 1.89 bits per heavy atom. The van der Waals surface area contributed by atoms with Crippen LogP contribution in [0.4, 0.5) is 4.79 Å². The van der Waals surface area contributed by atoms with Crippen molar-refractivity contribution in [3.63, 3.8) is 0 Å². The summed E-state index contributed by atoms with van der Waals surface area (Å²) in [5.41, 5.74) is -0.568. The molecule has 0 aliphatic carbocycles. The van der Waals surface area contributed by atoms with Gasteiger partial charge < -0.3 is 10.1 Å². The van der Waals surface area contributed by atoms with Gasteiger partial charge in [-0.1, -0.05) is 0 Å². The molecular weight excluding hydrogens is 258 g/mol. The van der Waals surface area contributed by atoms with Gasteiger partial charge in [-0.05, 0) is 41.0 Å². The smallest absolute Gasteiger partial charge is 0.407 e. The van der Waals surface area contributed by atoms with E-state index in [1.807, 2.05) is 0 Å². The Morgan fingerprint density at radius 1 is 1.33 bits per heavy atom. The second-order valence-corrected chi connectivity index (χ2v) is 6.76. The molecule has 1 amide bonds. The molecule has 0 saturated heterocycles. The van der Waals surface area contributed by atoms with Gasteiger partial charge in [0, 0.05) is 6.04 Å². The van der Waals surface area contributed by atoms with Crippen molar-refractivity contribution in [2.75, 3.05) is 12.4 Å². The van der Waals surface area contributed by atoms with Gasteiger partial charge in [0.2, 0.25) is 0 Å². The quantitative estimate of drug-likeness (QED) is 0.749. The molecular formula is C11H23NO5S. The summed E-state index contributed by atoms with van der Waals surface area (Å²) in [6.07, 6.45) is -0.273. The topological polar surface area (TPSA) is 81.7 Å². The normalized spacial score (nSPS) is 14.1. The van der Waals surface area contributed by atoms with Crippen molar-refractivity contribution in [2.45, 2.75) is 52.7 Å². The van der Waals surface area contributed by atoms with Crippen LogP contribution in [-0.2, 0) is 19.0 Å². The van der Waals surface area contributed by atoms with Crippen LogP contribution in [0.1, 0.15) is 41.0 Å². The highest BCUT2D eigenvalue weighted by Gasteiger charge is 2.19. The summed E-state index contributed by atoms with van der Waals surface area (Å²) in [6, 6.07) is -0.296. The Kier molecular flexibility index (Phi) is 6.62. The minimum atomic E-state index is -3.49. The number of hydrogen-bond donors (Lipinski definition) is 1. The van der Waals surface area contributed by atoms with E-state index >= 15 is 0 Å². The first-order chi connectivity index (χ1) is 8.06. The van der Waals surface area contributed by atoms with E-state index in [0.717, 1.165) is 0 Å². The minimum absolute atomic E-state index is 0.121. The van der Waals surface area contributed by atoms with Gasteiger partial charge in [-0.15, -0.1) is 0 Å². The summed E-state index contributed by atoms with van der Waals surface area (Å²) in [5, 5.41) is 2.57. The van der Waals surface area contributed by atoms with Gasteiger partial charge in [-0.25, -0.2) is 4.79 Å². The first-order valence-electron chi connectivity index (χ1n) is 5.92. The zero-order valence-corrected chi connectivity index (χ0v) is 12.5. The minimum Gasteiger partial charge on any atom is -0.444 e. The second kappa shape index (κ2) is 6.94. The predicted octanol–water partition coefficient (Wildman–Crippen LogP) is 1.66. The number of ether oxygens (including phenoxy) is 1. The third-order valence-electron chi connectivity index (χ3n) is 1.86. The van der Waals surface area contributed by atoms with Gasteiger partial charge in [-0.2, -0.15) is 8.42 Å². The highest BCUT2D eigenvalue weighted by molar-refractivity contribution is 7.86. The maximum absolute atomic E-state index is 11.4. The molecule has 0 bridgehead atoms. The van der Waals surface area contributed by atoms with Crippen LogP contribution in [0.5, 0.6) is 0 Å². The summed E-state index contributed by atoms with van der Waals surface area (Å²) in [5.74, 6) is -0.127. The van der Waals surface area contributed by atoms with E-state index in [1.54, 1.807) is 34.6 Å². The van der Waals surface area contributed by atoms with Crippen molar-refractivity contribution >= 4 is 16.2 Å². The van der Waals surface area contributed by atoms with E-state index in [9.17, 15) is 13.2 Å². The molecule has 0 saturated carbocycles.